The van der Waals surface area contributed by atoms with Gasteiger partial charge in [0.25, 0.3) is 0 Å². The van der Waals surface area contributed by atoms with E-state index in [2.05, 4.69) is 5.32 Å². The minimum Gasteiger partial charge on any atom is -0.472 e. The summed E-state index contributed by atoms with van der Waals surface area (Å²) in [6.07, 6.45) is 4.33. The highest BCUT2D eigenvalue weighted by atomic mass is 16.5. The van der Waals surface area contributed by atoms with Crippen molar-refractivity contribution in [2.45, 2.75) is 38.6 Å². The number of carbonyl (C=O) groups is 3. The first-order valence-corrected chi connectivity index (χ1v) is 10.6. The summed E-state index contributed by atoms with van der Waals surface area (Å²) in [6.45, 7) is 2.54. The number of anilines is 1. The number of amidine groups is 1. The molecular weight excluding hydrogens is 412 g/mol. The number of amides is 2. The second kappa shape index (κ2) is 10.6. The van der Waals surface area contributed by atoms with Gasteiger partial charge in [0.1, 0.15) is 5.84 Å². The van der Waals surface area contributed by atoms with Crippen LogP contribution in [0.2, 0.25) is 0 Å². The van der Waals surface area contributed by atoms with Gasteiger partial charge in [0, 0.05) is 35.7 Å². The van der Waals surface area contributed by atoms with Crippen LogP contribution in [-0.4, -0.2) is 36.8 Å². The van der Waals surface area contributed by atoms with Gasteiger partial charge in [0.05, 0.1) is 31.6 Å². The Morgan fingerprint density at radius 2 is 2.06 bits per heavy atom. The van der Waals surface area contributed by atoms with Crippen molar-refractivity contribution >= 4 is 29.3 Å². The summed E-state index contributed by atoms with van der Waals surface area (Å²) >= 11 is 0. The first-order chi connectivity index (χ1) is 15.4. The number of hydrogen-bond acceptors (Lipinski definition) is 6. The van der Waals surface area contributed by atoms with Crippen LogP contribution < -0.4 is 16.0 Å². The van der Waals surface area contributed by atoms with E-state index in [1.165, 1.54) is 12.5 Å². The molecular formula is C23H28N4O5. The number of furan rings is 1. The normalized spacial score (nSPS) is 17.0. The maximum absolute atomic E-state index is 13.0. The van der Waals surface area contributed by atoms with Crippen LogP contribution in [0.25, 0.3) is 0 Å². The lowest BCUT2D eigenvalue weighted by Gasteiger charge is -2.32. The van der Waals surface area contributed by atoms with Crippen molar-refractivity contribution in [2.75, 3.05) is 18.1 Å². The largest absolute Gasteiger partial charge is 0.472 e. The number of hydrogen-bond donors (Lipinski definition) is 3. The Hall–Kier alpha value is -3.62. The number of nitrogens with zero attached hydrogens (tertiary/aromatic N) is 1. The first kappa shape index (κ1) is 23.1. The number of ether oxygens (including phenoxy) is 1. The summed E-state index contributed by atoms with van der Waals surface area (Å²) in [6, 6.07) is 8.01. The molecule has 1 aromatic heterocycles. The average Bonchev–Trinajstić information content (AvgIpc) is 3.30. The standard InChI is InChI=1S/C23H28N4O5/c1-2-32-21(29)13-19(17-9-11-31-14-17)26-20(28)12-16-4-3-10-27(23(16)30)18-7-5-15(6-8-18)22(24)25/h5-9,11,14,16,19H,2-4,10,12-13H2,1H3,(H3,24,25)(H,26,28)/t16?,19-/m0/s1. The third-order valence-electron chi connectivity index (χ3n) is 5.43. The summed E-state index contributed by atoms with van der Waals surface area (Å²) in [4.78, 5) is 39.4. The van der Waals surface area contributed by atoms with Gasteiger partial charge in [-0.25, -0.2) is 0 Å². The zero-order valence-corrected chi connectivity index (χ0v) is 18.0. The van der Waals surface area contributed by atoms with E-state index in [0.29, 0.717) is 29.8 Å². The second-order valence-corrected chi connectivity index (χ2v) is 7.68. The Bertz CT molecular complexity index is 955. The number of nitrogen functional groups attached to an aromatic ring is 1. The van der Waals surface area contributed by atoms with Crippen molar-refractivity contribution < 1.29 is 23.5 Å². The van der Waals surface area contributed by atoms with Gasteiger partial charge < -0.3 is 25.1 Å². The number of rotatable bonds is 9. The van der Waals surface area contributed by atoms with Gasteiger partial charge in [0.2, 0.25) is 11.8 Å². The number of piperidine rings is 1. The molecule has 1 saturated heterocycles. The highest BCUT2D eigenvalue weighted by Gasteiger charge is 2.32. The van der Waals surface area contributed by atoms with E-state index in [4.69, 9.17) is 20.3 Å². The summed E-state index contributed by atoms with van der Waals surface area (Å²) < 4.78 is 10.1. The fraction of sp³-hybridized carbons (Fsp3) is 0.391. The number of benzene rings is 1. The Morgan fingerprint density at radius 3 is 2.69 bits per heavy atom. The van der Waals surface area contributed by atoms with Gasteiger partial charge in [-0.2, -0.15) is 0 Å². The number of nitrogens with one attached hydrogen (secondary N) is 2. The Morgan fingerprint density at radius 1 is 1.31 bits per heavy atom. The molecule has 1 fully saturated rings. The fourth-order valence-corrected chi connectivity index (χ4v) is 3.81. The molecule has 9 nitrogen and oxygen atoms in total. The Labute approximate surface area is 186 Å². The smallest absolute Gasteiger partial charge is 0.308 e. The van der Waals surface area contributed by atoms with Crippen molar-refractivity contribution in [2.24, 2.45) is 11.7 Å². The third-order valence-corrected chi connectivity index (χ3v) is 5.43. The minimum absolute atomic E-state index is 0.0215. The number of nitrogens with two attached hydrogens (primary N) is 1. The molecule has 4 N–H and O–H groups in total. The van der Waals surface area contributed by atoms with Gasteiger partial charge in [-0.1, -0.05) is 0 Å². The quantitative estimate of drug-likeness (QED) is 0.311. The van der Waals surface area contributed by atoms with Crippen molar-refractivity contribution in [1.29, 1.82) is 5.41 Å². The van der Waals surface area contributed by atoms with Crippen LogP contribution >= 0.6 is 0 Å². The van der Waals surface area contributed by atoms with Gasteiger partial charge >= 0.3 is 5.97 Å². The molecule has 170 valence electrons. The lowest BCUT2D eigenvalue weighted by atomic mass is 9.92. The zero-order chi connectivity index (χ0) is 23.1. The van der Waals surface area contributed by atoms with Crippen LogP contribution in [-0.2, 0) is 19.1 Å². The molecule has 0 bridgehead atoms. The van der Waals surface area contributed by atoms with E-state index in [0.717, 1.165) is 6.42 Å². The molecule has 1 aliphatic heterocycles. The average molecular weight is 441 g/mol. The van der Waals surface area contributed by atoms with Crippen LogP contribution in [0.3, 0.4) is 0 Å². The molecule has 3 rings (SSSR count). The predicted octanol–water partition coefficient (Wildman–Crippen LogP) is 2.51. The second-order valence-electron chi connectivity index (χ2n) is 7.68. The molecule has 0 radical (unpaired) electrons. The number of esters is 1. The maximum atomic E-state index is 13.0. The molecule has 9 heteroatoms. The monoisotopic (exact) mass is 440 g/mol. The fourth-order valence-electron chi connectivity index (χ4n) is 3.81. The Kier molecular flexibility index (Phi) is 7.64. The van der Waals surface area contributed by atoms with E-state index < -0.39 is 17.9 Å². The molecule has 2 aromatic rings. The van der Waals surface area contributed by atoms with Crippen molar-refractivity contribution in [1.82, 2.24) is 5.32 Å². The van der Waals surface area contributed by atoms with Crippen molar-refractivity contribution in [3.63, 3.8) is 0 Å². The van der Waals surface area contributed by atoms with Crippen LogP contribution in [0.15, 0.2) is 47.3 Å². The molecule has 1 aliphatic rings. The maximum Gasteiger partial charge on any atom is 0.308 e. The molecule has 0 saturated carbocycles. The molecule has 32 heavy (non-hydrogen) atoms. The summed E-state index contributed by atoms with van der Waals surface area (Å²) in [5, 5.41) is 10.3. The lowest BCUT2D eigenvalue weighted by Crippen LogP contribution is -2.43. The SMILES string of the molecule is CCOC(=O)C[C@H](NC(=O)CC1CCCN(c2ccc(C(=N)N)cc2)C1=O)c1ccoc1. The van der Waals surface area contributed by atoms with Crippen LogP contribution in [0, 0.1) is 11.3 Å². The van der Waals surface area contributed by atoms with E-state index in [-0.39, 0.29) is 37.1 Å². The topological polar surface area (TPSA) is 139 Å². The van der Waals surface area contributed by atoms with Gasteiger partial charge in [-0.3, -0.25) is 19.8 Å². The van der Waals surface area contributed by atoms with Gasteiger partial charge in [-0.05, 0) is 50.1 Å². The summed E-state index contributed by atoms with van der Waals surface area (Å²) in [7, 11) is 0. The van der Waals surface area contributed by atoms with E-state index in [1.54, 1.807) is 42.2 Å². The van der Waals surface area contributed by atoms with Crippen LogP contribution in [0.1, 0.15) is 49.8 Å². The number of carbonyl (C=O) groups excluding carboxylic acids is 3. The van der Waals surface area contributed by atoms with Gasteiger partial charge in [0.15, 0.2) is 0 Å². The van der Waals surface area contributed by atoms with Crippen LogP contribution in [0.4, 0.5) is 5.69 Å². The van der Waals surface area contributed by atoms with E-state index in [9.17, 15) is 14.4 Å². The molecule has 1 aromatic carbocycles. The molecule has 2 atom stereocenters. The lowest BCUT2D eigenvalue weighted by molar-refractivity contribution is -0.144. The third kappa shape index (κ3) is 5.75. The summed E-state index contributed by atoms with van der Waals surface area (Å²) in [5.41, 5.74) is 7.45. The molecule has 0 aliphatic carbocycles. The minimum atomic E-state index is -0.589. The Balaban J connectivity index is 1.64. The van der Waals surface area contributed by atoms with Crippen molar-refractivity contribution in [3.8, 4) is 0 Å². The molecule has 2 amide bonds. The molecule has 2 heterocycles. The highest BCUT2D eigenvalue weighted by Crippen LogP contribution is 2.27. The van der Waals surface area contributed by atoms with Gasteiger partial charge in [-0.15, -0.1) is 0 Å². The molecule has 0 spiro atoms. The summed E-state index contributed by atoms with van der Waals surface area (Å²) in [5.74, 6) is -1.34. The first-order valence-electron chi connectivity index (χ1n) is 10.6. The zero-order valence-electron chi connectivity index (χ0n) is 18.0. The van der Waals surface area contributed by atoms with E-state index >= 15 is 0 Å². The predicted molar refractivity (Wildman–Crippen MR) is 118 cm³/mol. The van der Waals surface area contributed by atoms with E-state index in [1.807, 2.05) is 0 Å². The van der Waals surface area contributed by atoms with Crippen molar-refractivity contribution in [3.05, 3.63) is 54.0 Å². The van der Waals surface area contributed by atoms with Crippen LogP contribution in [0.5, 0.6) is 0 Å². The highest BCUT2D eigenvalue weighted by molar-refractivity contribution is 5.99. The molecule has 1 unspecified atom stereocenters.